The molecule has 0 bridgehead atoms. The van der Waals surface area contributed by atoms with Gasteiger partial charge in [0.25, 0.3) is 11.8 Å². The predicted molar refractivity (Wildman–Crippen MR) is 190 cm³/mol. The van der Waals surface area contributed by atoms with Crippen LogP contribution in [0.3, 0.4) is 0 Å². The van der Waals surface area contributed by atoms with E-state index >= 15 is 4.79 Å². The smallest absolute Gasteiger partial charge is 0.417 e. The number of morpholine rings is 1. The van der Waals surface area contributed by atoms with Gasteiger partial charge in [-0.05, 0) is 55.3 Å². The molecule has 1 aromatic heterocycles. The number of carbonyl (C=O) groups excluding carboxylic acids is 3. The van der Waals surface area contributed by atoms with Crippen LogP contribution in [0, 0.1) is 0 Å². The number of hydrogen-bond donors (Lipinski definition) is 1. The minimum Gasteiger partial charge on any atom is -0.495 e. The summed E-state index contributed by atoms with van der Waals surface area (Å²) in [6.45, 7) is 2.89. The second-order valence-corrected chi connectivity index (χ2v) is 13.7. The average molecular weight is 793 g/mol. The van der Waals surface area contributed by atoms with Crippen molar-refractivity contribution in [2.45, 2.75) is 36.8 Å². The molecule has 56 heavy (non-hydrogen) atoms. The molecule has 1 N–H and O–H groups in total. The Bertz CT molecular complexity index is 1860. The highest BCUT2D eigenvalue weighted by atomic mass is 19.4. The average Bonchev–Trinajstić information content (AvgIpc) is 3.20. The zero-order valence-electron chi connectivity index (χ0n) is 30.6. The van der Waals surface area contributed by atoms with Gasteiger partial charge in [0.1, 0.15) is 17.5 Å². The topological polar surface area (TPSA) is 117 Å². The standard InChI is InChI=1S/C38H42F6N6O6/c1-54-32-6-3-2-5-30(32)48-17-18-50(31(24-48)33(51)46-14-16-47-19-21-55-22-20-47)35(53)36(56-27-9-7-26(8-10-27)37(39,40)41)12-4-15-49(25-36)34(52)28-23-45-13-11-29(28)38(42,43)44/h2-3,5-11,13,23,31H,4,12,14-22,24-25H2,1H3,(H,46,51). The van der Waals surface area contributed by atoms with E-state index < -0.39 is 65.0 Å². The number of hydrogen-bond acceptors (Lipinski definition) is 9. The van der Waals surface area contributed by atoms with Gasteiger partial charge in [0.15, 0.2) is 0 Å². The fourth-order valence-corrected chi connectivity index (χ4v) is 7.32. The first kappa shape index (κ1) is 40.6. The molecule has 0 spiro atoms. The van der Waals surface area contributed by atoms with Crippen LogP contribution in [-0.4, -0.2) is 128 Å². The summed E-state index contributed by atoms with van der Waals surface area (Å²) in [6, 6.07) is 10.4. The first-order chi connectivity index (χ1) is 26.7. The van der Waals surface area contributed by atoms with E-state index in [2.05, 4.69) is 15.2 Å². The van der Waals surface area contributed by atoms with Crippen molar-refractivity contribution in [1.82, 2.24) is 25.0 Å². The van der Waals surface area contributed by atoms with E-state index in [0.29, 0.717) is 50.4 Å². The van der Waals surface area contributed by atoms with Crippen molar-refractivity contribution in [2.75, 3.05) is 84.1 Å². The van der Waals surface area contributed by atoms with Crippen LogP contribution in [0.5, 0.6) is 11.5 Å². The van der Waals surface area contributed by atoms with E-state index in [1.54, 1.807) is 18.2 Å². The molecule has 2 unspecified atom stereocenters. The molecule has 12 nitrogen and oxygen atoms in total. The molecule has 3 fully saturated rings. The van der Waals surface area contributed by atoms with Gasteiger partial charge in [0.05, 0.1) is 49.2 Å². The molecule has 6 rings (SSSR count). The largest absolute Gasteiger partial charge is 0.495 e. The number of nitrogens with zero attached hydrogens (tertiary/aromatic N) is 5. The summed E-state index contributed by atoms with van der Waals surface area (Å²) in [4.78, 5) is 53.2. The number of nitrogens with one attached hydrogen (secondary N) is 1. The minimum atomic E-state index is -4.89. The Hall–Kier alpha value is -5.10. The van der Waals surface area contributed by atoms with Crippen LogP contribution in [0.15, 0.2) is 67.0 Å². The first-order valence-electron chi connectivity index (χ1n) is 18.1. The third-order valence-electron chi connectivity index (χ3n) is 10.2. The molecule has 3 aliphatic heterocycles. The predicted octanol–water partition coefficient (Wildman–Crippen LogP) is 4.35. The van der Waals surface area contributed by atoms with Gasteiger partial charge in [-0.15, -0.1) is 0 Å². The summed E-state index contributed by atoms with van der Waals surface area (Å²) in [6.07, 6.45) is -7.83. The second-order valence-electron chi connectivity index (χ2n) is 13.7. The van der Waals surface area contributed by atoms with Crippen LogP contribution in [-0.2, 0) is 26.7 Å². The van der Waals surface area contributed by atoms with Gasteiger partial charge in [-0.25, -0.2) is 0 Å². The van der Waals surface area contributed by atoms with Crippen LogP contribution in [0.2, 0.25) is 0 Å². The molecule has 3 amide bonds. The van der Waals surface area contributed by atoms with Gasteiger partial charge >= 0.3 is 12.4 Å². The highest BCUT2D eigenvalue weighted by molar-refractivity contribution is 5.97. The Kier molecular flexibility index (Phi) is 12.3. The summed E-state index contributed by atoms with van der Waals surface area (Å²) in [5, 5.41) is 2.94. The number of alkyl halides is 6. The van der Waals surface area contributed by atoms with E-state index in [4.69, 9.17) is 14.2 Å². The Morgan fingerprint density at radius 2 is 1.66 bits per heavy atom. The zero-order chi connectivity index (χ0) is 40.1. The summed E-state index contributed by atoms with van der Waals surface area (Å²) >= 11 is 0. The molecule has 2 atom stereocenters. The van der Waals surface area contributed by atoms with Gasteiger partial charge < -0.3 is 34.2 Å². The van der Waals surface area contributed by atoms with Crippen molar-refractivity contribution in [2.24, 2.45) is 0 Å². The highest BCUT2D eigenvalue weighted by Crippen LogP contribution is 2.37. The van der Waals surface area contributed by atoms with E-state index in [9.17, 15) is 35.9 Å². The van der Waals surface area contributed by atoms with Crippen molar-refractivity contribution < 1.29 is 54.9 Å². The molecule has 0 saturated carbocycles. The van der Waals surface area contributed by atoms with Crippen molar-refractivity contribution >= 4 is 23.4 Å². The summed E-state index contributed by atoms with van der Waals surface area (Å²) in [5.41, 5.74) is -4.25. The third kappa shape index (κ3) is 9.12. The summed E-state index contributed by atoms with van der Waals surface area (Å²) in [7, 11) is 1.51. The molecule has 0 radical (unpaired) electrons. The molecule has 3 aliphatic rings. The number of anilines is 1. The first-order valence-corrected chi connectivity index (χ1v) is 18.1. The Labute approximate surface area is 319 Å². The van der Waals surface area contributed by atoms with Crippen molar-refractivity contribution in [3.05, 3.63) is 83.7 Å². The Balaban J connectivity index is 1.34. The van der Waals surface area contributed by atoms with Crippen LogP contribution in [0.1, 0.15) is 34.3 Å². The molecular weight excluding hydrogens is 750 g/mol. The van der Waals surface area contributed by atoms with Crippen molar-refractivity contribution in [3.8, 4) is 11.5 Å². The number of para-hydroxylation sites is 2. The lowest BCUT2D eigenvalue weighted by molar-refractivity contribution is -0.158. The molecular formula is C38H42F6N6O6. The number of benzene rings is 2. The van der Waals surface area contributed by atoms with Gasteiger partial charge in [0, 0.05) is 64.8 Å². The number of piperidine rings is 1. The maximum Gasteiger partial charge on any atom is 0.417 e. The Morgan fingerprint density at radius 3 is 2.36 bits per heavy atom. The number of halogens is 6. The van der Waals surface area contributed by atoms with E-state index in [1.165, 1.54) is 12.0 Å². The number of aromatic nitrogens is 1. The van der Waals surface area contributed by atoms with Gasteiger partial charge in [-0.3, -0.25) is 24.3 Å². The van der Waals surface area contributed by atoms with Crippen molar-refractivity contribution in [3.63, 3.8) is 0 Å². The van der Waals surface area contributed by atoms with Crippen LogP contribution in [0.25, 0.3) is 0 Å². The van der Waals surface area contributed by atoms with Gasteiger partial charge in [-0.2, -0.15) is 26.3 Å². The number of piperazine rings is 1. The number of pyridine rings is 1. The molecule has 18 heteroatoms. The van der Waals surface area contributed by atoms with E-state index in [0.717, 1.165) is 41.6 Å². The fourth-order valence-electron chi connectivity index (χ4n) is 7.32. The maximum atomic E-state index is 15.1. The lowest BCUT2D eigenvalue weighted by atomic mass is 9.88. The molecule has 3 aromatic rings. The molecule has 0 aliphatic carbocycles. The molecule has 4 heterocycles. The zero-order valence-corrected chi connectivity index (χ0v) is 30.6. The van der Waals surface area contributed by atoms with Crippen molar-refractivity contribution in [1.29, 1.82) is 0 Å². The summed E-state index contributed by atoms with van der Waals surface area (Å²) < 4.78 is 99.7. The van der Waals surface area contributed by atoms with Gasteiger partial charge in [-0.1, -0.05) is 12.1 Å². The van der Waals surface area contributed by atoms with E-state index in [1.807, 2.05) is 11.0 Å². The number of amides is 3. The number of methoxy groups -OCH3 is 1. The highest BCUT2D eigenvalue weighted by Gasteiger charge is 2.52. The Morgan fingerprint density at radius 1 is 0.929 bits per heavy atom. The number of carbonyl (C=O) groups is 3. The lowest BCUT2D eigenvalue weighted by Gasteiger charge is -2.48. The quantitative estimate of drug-likeness (QED) is 0.300. The normalized spacial score (nSPS) is 21.1. The minimum absolute atomic E-state index is 0.0130. The molecule has 2 aromatic carbocycles. The number of ether oxygens (including phenoxy) is 3. The fraction of sp³-hybridized carbons (Fsp3) is 0.474. The molecule has 302 valence electrons. The molecule has 3 saturated heterocycles. The summed E-state index contributed by atoms with van der Waals surface area (Å²) in [5.74, 6) is -1.89. The SMILES string of the molecule is COc1ccccc1N1CCN(C(=O)C2(Oc3ccc(C(F)(F)F)cc3)CCCN(C(=O)c3cnccc3C(F)(F)F)C2)C(C(=O)NCCN2CCOCC2)C1. The number of rotatable bonds is 10. The monoisotopic (exact) mass is 792 g/mol. The van der Waals surface area contributed by atoms with Crippen LogP contribution in [0.4, 0.5) is 32.0 Å². The maximum absolute atomic E-state index is 15.1. The van der Waals surface area contributed by atoms with E-state index in [-0.39, 0.29) is 51.3 Å². The lowest BCUT2D eigenvalue weighted by Crippen LogP contribution is -2.68. The second kappa shape index (κ2) is 17.0. The third-order valence-corrected chi connectivity index (χ3v) is 10.2. The van der Waals surface area contributed by atoms with Gasteiger partial charge in [0.2, 0.25) is 11.5 Å². The van der Waals surface area contributed by atoms with Crippen LogP contribution < -0.4 is 19.7 Å². The number of likely N-dealkylation sites (tertiary alicyclic amines) is 1. The van der Waals surface area contributed by atoms with Crippen LogP contribution >= 0.6 is 0 Å².